The fourth-order valence-corrected chi connectivity index (χ4v) is 2.17. The van der Waals surface area contributed by atoms with Crippen LogP contribution in [0.3, 0.4) is 0 Å². The summed E-state index contributed by atoms with van der Waals surface area (Å²) in [5, 5.41) is 13.1. The van der Waals surface area contributed by atoms with Crippen LogP contribution >= 0.6 is 0 Å². The van der Waals surface area contributed by atoms with E-state index < -0.39 is 6.10 Å². The molecule has 2 aromatic carbocycles. The summed E-state index contributed by atoms with van der Waals surface area (Å²) < 4.78 is 6.01. The third-order valence-electron chi connectivity index (χ3n) is 3.67. The highest BCUT2D eigenvalue weighted by atomic mass is 16.5. The maximum atomic E-state index is 10.1. The number of hydrogen-bond donors (Lipinski definition) is 2. The van der Waals surface area contributed by atoms with E-state index in [0.29, 0.717) is 0 Å². The molecule has 21 heavy (non-hydrogen) atoms. The number of benzene rings is 2. The number of likely N-dealkylation sites (N-methyl/N-ethyl adjacent to an activating group) is 1. The standard InChI is InChI=1S/C18H23NO2/c1-14(19-2)17(20)13-21-18(15-9-5-3-6-10-15)16-11-7-4-8-12-16/h3-12,14,17-20H,13H2,1-2H3/t14-,17+/m1/s1. The Hall–Kier alpha value is -1.68. The van der Waals surface area contributed by atoms with Crippen molar-refractivity contribution in [1.29, 1.82) is 0 Å². The topological polar surface area (TPSA) is 41.5 Å². The highest BCUT2D eigenvalue weighted by molar-refractivity contribution is 5.29. The highest BCUT2D eigenvalue weighted by Gasteiger charge is 2.18. The van der Waals surface area contributed by atoms with Gasteiger partial charge in [-0.3, -0.25) is 0 Å². The molecule has 0 aliphatic heterocycles. The average molecular weight is 285 g/mol. The minimum Gasteiger partial charge on any atom is -0.389 e. The molecule has 112 valence electrons. The van der Waals surface area contributed by atoms with Crippen LogP contribution < -0.4 is 5.32 Å². The minimum absolute atomic E-state index is 0.00260. The van der Waals surface area contributed by atoms with E-state index in [1.165, 1.54) is 0 Å². The van der Waals surface area contributed by atoms with Crippen molar-refractivity contribution in [3.05, 3.63) is 71.8 Å². The fraction of sp³-hybridized carbons (Fsp3) is 0.333. The van der Waals surface area contributed by atoms with Gasteiger partial charge < -0.3 is 15.2 Å². The zero-order valence-corrected chi connectivity index (χ0v) is 12.6. The first-order valence-electron chi connectivity index (χ1n) is 7.29. The summed E-state index contributed by atoms with van der Waals surface area (Å²) in [6.07, 6.45) is -0.698. The Kier molecular flexibility index (Phi) is 5.93. The molecule has 3 heteroatoms. The number of rotatable bonds is 7. The van der Waals surface area contributed by atoms with Gasteiger partial charge in [0.25, 0.3) is 0 Å². The van der Waals surface area contributed by atoms with E-state index in [4.69, 9.17) is 4.74 Å². The molecule has 0 fully saturated rings. The van der Waals surface area contributed by atoms with Gasteiger partial charge in [0, 0.05) is 6.04 Å². The van der Waals surface area contributed by atoms with Gasteiger partial charge in [-0.15, -0.1) is 0 Å². The Morgan fingerprint density at radius 1 is 0.952 bits per heavy atom. The van der Waals surface area contributed by atoms with Gasteiger partial charge in [-0.2, -0.15) is 0 Å². The summed E-state index contributed by atoms with van der Waals surface area (Å²) in [6, 6.07) is 20.2. The van der Waals surface area contributed by atoms with Gasteiger partial charge in [0.1, 0.15) is 6.10 Å². The van der Waals surface area contributed by atoms with Crippen LogP contribution in [-0.2, 0) is 4.74 Å². The molecule has 0 aromatic heterocycles. The highest BCUT2D eigenvalue weighted by Crippen LogP contribution is 2.25. The Labute approximate surface area is 126 Å². The first-order chi connectivity index (χ1) is 10.2. The summed E-state index contributed by atoms with van der Waals surface area (Å²) in [6.45, 7) is 2.23. The molecule has 0 aliphatic carbocycles. The summed E-state index contributed by atoms with van der Waals surface area (Å²) in [5.41, 5.74) is 2.18. The van der Waals surface area contributed by atoms with Crippen molar-refractivity contribution in [1.82, 2.24) is 5.32 Å². The van der Waals surface area contributed by atoms with Crippen LogP contribution in [0.2, 0.25) is 0 Å². The van der Waals surface area contributed by atoms with Gasteiger partial charge in [0.15, 0.2) is 0 Å². The summed E-state index contributed by atoms with van der Waals surface area (Å²) in [5.74, 6) is 0. The zero-order valence-electron chi connectivity index (χ0n) is 12.6. The van der Waals surface area contributed by atoms with E-state index in [1.807, 2.05) is 74.6 Å². The molecule has 0 amide bonds. The summed E-state index contributed by atoms with van der Waals surface area (Å²) in [7, 11) is 1.83. The van der Waals surface area contributed by atoms with Gasteiger partial charge in [0.2, 0.25) is 0 Å². The number of aliphatic hydroxyl groups is 1. The van der Waals surface area contributed by atoms with Crippen LogP contribution in [0.1, 0.15) is 24.2 Å². The fourth-order valence-electron chi connectivity index (χ4n) is 2.17. The minimum atomic E-state index is -0.537. The second kappa shape index (κ2) is 7.93. The average Bonchev–Trinajstić information content (AvgIpc) is 2.56. The lowest BCUT2D eigenvalue weighted by atomic mass is 10.0. The van der Waals surface area contributed by atoms with Crippen LogP contribution in [-0.4, -0.2) is 30.9 Å². The van der Waals surface area contributed by atoms with Gasteiger partial charge in [-0.25, -0.2) is 0 Å². The van der Waals surface area contributed by atoms with Gasteiger partial charge in [0.05, 0.1) is 12.7 Å². The monoisotopic (exact) mass is 285 g/mol. The van der Waals surface area contributed by atoms with Crippen molar-refractivity contribution in [3.8, 4) is 0 Å². The summed E-state index contributed by atoms with van der Waals surface area (Å²) >= 11 is 0. The number of hydrogen-bond acceptors (Lipinski definition) is 3. The molecular weight excluding hydrogens is 262 g/mol. The quantitative estimate of drug-likeness (QED) is 0.822. The SMILES string of the molecule is CN[C@H](C)[C@@H](O)COC(c1ccccc1)c1ccccc1. The van der Waals surface area contributed by atoms with E-state index >= 15 is 0 Å². The molecule has 2 rings (SSSR count). The lowest BCUT2D eigenvalue weighted by molar-refractivity contribution is -0.00600. The normalized spacial score (nSPS) is 14.1. The zero-order chi connectivity index (χ0) is 15.1. The number of aliphatic hydroxyl groups excluding tert-OH is 1. The van der Waals surface area contributed by atoms with E-state index in [9.17, 15) is 5.11 Å². The van der Waals surface area contributed by atoms with E-state index in [1.54, 1.807) is 0 Å². The molecule has 0 saturated carbocycles. The molecule has 0 unspecified atom stereocenters. The van der Waals surface area contributed by atoms with Crippen molar-refractivity contribution in [3.63, 3.8) is 0 Å². The largest absolute Gasteiger partial charge is 0.389 e. The lowest BCUT2D eigenvalue weighted by Gasteiger charge is -2.23. The van der Waals surface area contributed by atoms with Gasteiger partial charge in [-0.1, -0.05) is 60.7 Å². The number of nitrogens with one attached hydrogen (secondary N) is 1. The van der Waals surface area contributed by atoms with E-state index in [2.05, 4.69) is 5.32 Å². The molecule has 0 radical (unpaired) electrons. The third kappa shape index (κ3) is 4.39. The van der Waals surface area contributed by atoms with Crippen molar-refractivity contribution in [2.45, 2.75) is 25.2 Å². The predicted molar refractivity (Wildman–Crippen MR) is 85.2 cm³/mol. The first-order valence-corrected chi connectivity index (χ1v) is 7.29. The van der Waals surface area contributed by atoms with E-state index in [-0.39, 0.29) is 18.8 Å². The van der Waals surface area contributed by atoms with Crippen molar-refractivity contribution >= 4 is 0 Å². The van der Waals surface area contributed by atoms with Crippen molar-refractivity contribution < 1.29 is 9.84 Å². The Morgan fingerprint density at radius 3 is 1.86 bits per heavy atom. The molecule has 2 N–H and O–H groups in total. The Bertz CT molecular complexity index is 476. The maximum Gasteiger partial charge on any atom is 0.108 e. The van der Waals surface area contributed by atoms with Crippen molar-refractivity contribution in [2.24, 2.45) is 0 Å². The van der Waals surface area contributed by atoms with Crippen LogP contribution in [0.5, 0.6) is 0 Å². The smallest absolute Gasteiger partial charge is 0.108 e. The Balaban J connectivity index is 2.14. The first kappa shape index (κ1) is 15.7. The number of ether oxygens (including phenoxy) is 1. The molecule has 0 bridgehead atoms. The molecule has 2 atom stereocenters. The molecule has 0 heterocycles. The lowest BCUT2D eigenvalue weighted by Crippen LogP contribution is -2.38. The van der Waals surface area contributed by atoms with E-state index in [0.717, 1.165) is 11.1 Å². The van der Waals surface area contributed by atoms with Gasteiger partial charge >= 0.3 is 0 Å². The Morgan fingerprint density at radius 2 is 1.43 bits per heavy atom. The molecule has 0 aliphatic rings. The van der Waals surface area contributed by atoms with Crippen LogP contribution in [0.25, 0.3) is 0 Å². The van der Waals surface area contributed by atoms with Crippen molar-refractivity contribution in [2.75, 3.05) is 13.7 Å². The van der Waals surface area contributed by atoms with Crippen LogP contribution in [0, 0.1) is 0 Å². The van der Waals surface area contributed by atoms with Crippen LogP contribution in [0.4, 0.5) is 0 Å². The molecule has 0 saturated heterocycles. The molecule has 0 spiro atoms. The predicted octanol–water partition coefficient (Wildman–Crippen LogP) is 2.76. The van der Waals surface area contributed by atoms with Gasteiger partial charge in [-0.05, 0) is 25.1 Å². The maximum absolute atomic E-state index is 10.1. The second-order valence-corrected chi connectivity index (χ2v) is 5.18. The molecular formula is C18H23NO2. The molecule has 2 aromatic rings. The molecule has 3 nitrogen and oxygen atoms in total. The second-order valence-electron chi connectivity index (χ2n) is 5.18. The summed E-state index contributed by atoms with van der Waals surface area (Å²) in [4.78, 5) is 0. The third-order valence-corrected chi connectivity index (χ3v) is 3.67. The van der Waals surface area contributed by atoms with Crippen LogP contribution in [0.15, 0.2) is 60.7 Å².